The molecule has 1 aromatic heterocycles. The van der Waals surface area contributed by atoms with Crippen molar-refractivity contribution in [3.8, 4) is 6.07 Å². The number of thiophene rings is 1. The molecular formula is C9H9NS. The fraction of sp³-hybridized carbons (Fsp3) is 0.222. The van der Waals surface area contributed by atoms with Crippen molar-refractivity contribution in [2.75, 3.05) is 0 Å². The van der Waals surface area contributed by atoms with Gasteiger partial charge >= 0.3 is 0 Å². The van der Waals surface area contributed by atoms with Crippen LogP contribution in [0.5, 0.6) is 0 Å². The monoisotopic (exact) mass is 163 g/mol. The Morgan fingerprint density at radius 1 is 1.82 bits per heavy atom. The molecule has 0 radical (unpaired) electrons. The highest BCUT2D eigenvalue weighted by Gasteiger charge is 2.05. The molecule has 56 valence electrons. The first kappa shape index (κ1) is 8.03. The summed E-state index contributed by atoms with van der Waals surface area (Å²) >= 11 is 1.65. The maximum atomic E-state index is 8.47. The average Bonchev–Trinajstić information content (AvgIpc) is 2.52. The van der Waals surface area contributed by atoms with E-state index in [1.807, 2.05) is 17.5 Å². The summed E-state index contributed by atoms with van der Waals surface area (Å²) in [6, 6.07) is 4.18. The minimum absolute atomic E-state index is 0.214. The first-order chi connectivity index (χ1) is 5.38. The number of allylic oxidation sites excluding steroid dienone is 1. The van der Waals surface area contributed by atoms with Gasteiger partial charge < -0.3 is 0 Å². The zero-order valence-electron chi connectivity index (χ0n) is 6.16. The molecule has 0 aliphatic carbocycles. The Hall–Kier alpha value is -1.07. The van der Waals surface area contributed by atoms with Gasteiger partial charge in [0.2, 0.25) is 0 Å². The van der Waals surface area contributed by atoms with Gasteiger partial charge in [0.1, 0.15) is 0 Å². The SMILES string of the molecule is C=CC(CC#N)c1ccsc1. The van der Waals surface area contributed by atoms with Crippen LogP contribution in [-0.2, 0) is 0 Å². The number of hydrogen-bond acceptors (Lipinski definition) is 2. The maximum Gasteiger partial charge on any atom is 0.0631 e. The minimum Gasteiger partial charge on any atom is -0.198 e. The molecule has 0 amide bonds. The van der Waals surface area contributed by atoms with E-state index in [1.54, 1.807) is 11.3 Å². The van der Waals surface area contributed by atoms with Gasteiger partial charge in [-0.05, 0) is 22.4 Å². The van der Waals surface area contributed by atoms with E-state index in [-0.39, 0.29) is 5.92 Å². The molecule has 0 aromatic carbocycles. The van der Waals surface area contributed by atoms with E-state index in [0.29, 0.717) is 6.42 Å². The minimum atomic E-state index is 0.214. The van der Waals surface area contributed by atoms with Crippen LogP contribution in [0.25, 0.3) is 0 Å². The summed E-state index contributed by atoms with van der Waals surface area (Å²) in [6.45, 7) is 3.69. The van der Waals surface area contributed by atoms with Gasteiger partial charge in [0, 0.05) is 12.3 Å². The van der Waals surface area contributed by atoms with Crippen LogP contribution >= 0.6 is 11.3 Å². The van der Waals surface area contributed by atoms with E-state index < -0.39 is 0 Å². The lowest BCUT2D eigenvalue weighted by Gasteiger charge is -2.03. The Morgan fingerprint density at radius 2 is 2.64 bits per heavy atom. The molecule has 1 atom stereocenters. The Balaban J connectivity index is 2.72. The van der Waals surface area contributed by atoms with E-state index >= 15 is 0 Å². The van der Waals surface area contributed by atoms with Gasteiger partial charge in [-0.2, -0.15) is 16.6 Å². The standard InChI is InChI=1S/C9H9NS/c1-2-8(3-5-10)9-4-6-11-7-9/h2,4,6-8H,1,3H2. The highest BCUT2D eigenvalue weighted by Crippen LogP contribution is 2.22. The van der Waals surface area contributed by atoms with Crippen molar-refractivity contribution in [3.63, 3.8) is 0 Å². The van der Waals surface area contributed by atoms with Crippen LogP contribution in [0.4, 0.5) is 0 Å². The van der Waals surface area contributed by atoms with Crippen LogP contribution in [0.3, 0.4) is 0 Å². The van der Waals surface area contributed by atoms with Crippen molar-refractivity contribution in [1.82, 2.24) is 0 Å². The average molecular weight is 163 g/mol. The first-order valence-corrected chi connectivity index (χ1v) is 4.34. The topological polar surface area (TPSA) is 23.8 Å². The highest BCUT2D eigenvalue weighted by molar-refractivity contribution is 7.07. The summed E-state index contributed by atoms with van der Waals surface area (Å²) in [4.78, 5) is 0. The molecule has 1 unspecified atom stereocenters. The predicted octanol–water partition coefficient (Wildman–Crippen LogP) is 2.93. The normalized spacial score (nSPS) is 11.9. The third-order valence-electron chi connectivity index (χ3n) is 1.57. The Kier molecular flexibility index (Phi) is 2.88. The smallest absolute Gasteiger partial charge is 0.0631 e. The van der Waals surface area contributed by atoms with Crippen LogP contribution in [0, 0.1) is 11.3 Å². The molecule has 0 fully saturated rings. The molecule has 0 saturated heterocycles. The van der Waals surface area contributed by atoms with Crippen molar-refractivity contribution in [3.05, 3.63) is 35.0 Å². The lowest BCUT2D eigenvalue weighted by molar-refractivity contribution is 0.880. The van der Waals surface area contributed by atoms with Gasteiger partial charge in [-0.25, -0.2) is 0 Å². The predicted molar refractivity (Wildman–Crippen MR) is 47.5 cm³/mol. The maximum absolute atomic E-state index is 8.47. The summed E-state index contributed by atoms with van der Waals surface area (Å²) < 4.78 is 0. The summed E-state index contributed by atoms with van der Waals surface area (Å²) in [5.74, 6) is 0.214. The van der Waals surface area contributed by atoms with Crippen molar-refractivity contribution in [2.45, 2.75) is 12.3 Å². The molecule has 0 aliphatic rings. The first-order valence-electron chi connectivity index (χ1n) is 3.40. The van der Waals surface area contributed by atoms with Gasteiger partial charge in [-0.3, -0.25) is 0 Å². The van der Waals surface area contributed by atoms with Crippen LogP contribution < -0.4 is 0 Å². The lowest BCUT2D eigenvalue weighted by Crippen LogP contribution is -1.89. The van der Waals surface area contributed by atoms with Crippen molar-refractivity contribution < 1.29 is 0 Å². The molecule has 1 heterocycles. The van der Waals surface area contributed by atoms with Crippen molar-refractivity contribution >= 4 is 11.3 Å². The van der Waals surface area contributed by atoms with E-state index in [9.17, 15) is 0 Å². The van der Waals surface area contributed by atoms with Gasteiger partial charge in [-0.1, -0.05) is 6.08 Å². The second-order valence-electron chi connectivity index (χ2n) is 2.26. The number of nitrogens with zero attached hydrogens (tertiary/aromatic N) is 1. The summed E-state index contributed by atoms with van der Waals surface area (Å²) in [5.41, 5.74) is 1.20. The zero-order chi connectivity index (χ0) is 8.10. The molecule has 1 aromatic rings. The fourth-order valence-electron chi connectivity index (χ4n) is 0.922. The van der Waals surface area contributed by atoms with Crippen molar-refractivity contribution in [1.29, 1.82) is 5.26 Å². The molecule has 0 aliphatic heterocycles. The lowest BCUT2D eigenvalue weighted by atomic mass is 10.00. The van der Waals surface area contributed by atoms with E-state index in [1.165, 1.54) is 5.56 Å². The third kappa shape index (κ3) is 1.92. The van der Waals surface area contributed by atoms with Crippen LogP contribution in [0.2, 0.25) is 0 Å². The molecular weight excluding hydrogens is 154 g/mol. The zero-order valence-corrected chi connectivity index (χ0v) is 6.97. The molecule has 11 heavy (non-hydrogen) atoms. The van der Waals surface area contributed by atoms with Gasteiger partial charge in [0.25, 0.3) is 0 Å². The molecule has 0 spiro atoms. The van der Waals surface area contributed by atoms with Crippen LogP contribution in [0.15, 0.2) is 29.5 Å². The molecule has 0 saturated carbocycles. The number of hydrogen-bond donors (Lipinski definition) is 0. The Labute approximate surface area is 70.6 Å². The Morgan fingerprint density at radius 3 is 3.09 bits per heavy atom. The summed E-state index contributed by atoms with van der Waals surface area (Å²) in [5, 5.41) is 12.5. The number of nitriles is 1. The molecule has 2 heteroatoms. The molecule has 1 nitrogen and oxygen atoms in total. The largest absolute Gasteiger partial charge is 0.198 e. The van der Waals surface area contributed by atoms with Gasteiger partial charge in [0.15, 0.2) is 0 Å². The van der Waals surface area contributed by atoms with Gasteiger partial charge in [-0.15, -0.1) is 6.58 Å². The summed E-state index contributed by atoms with van der Waals surface area (Å²) in [7, 11) is 0. The second-order valence-corrected chi connectivity index (χ2v) is 3.04. The fourth-order valence-corrected chi connectivity index (χ4v) is 1.65. The second kappa shape index (κ2) is 3.95. The van der Waals surface area contributed by atoms with Crippen molar-refractivity contribution in [2.24, 2.45) is 0 Å². The molecule has 1 rings (SSSR count). The molecule has 0 bridgehead atoms. The highest BCUT2D eigenvalue weighted by atomic mass is 32.1. The molecule has 0 N–H and O–H groups in total. The van der Waals surface area contributed by atoms with Crippen LogP contribution in [-0.4, -0.2) is 0 Å². The van der Waals surface area contributed by atoms with Crippen LogP contribution in [0.1, 0.15) is 17.9 Å². The van der Waals surface area contributed by atoms with E-state index in [2.05, 4.69) is 18.0 Å². The van der Waals surface area contributed by atoms with E-state index in [0.717, 1.165) is 0 Å². The van der Waals surface area contributed by atoms with E-state index in [4.69, 9.17) is 5.26 Å². The third-order valence-corrected chi connectivity index (χ3v) is 2.27. The Bertz CT molecular complexity index is 256. The van der Waals surface area contributed by atoms with Gasteiger partial charge in [0.05, 0.1) is 6.07 Å². The summed E-state index contributed by atoms with van der Waals surface area (Å²) in [6.07, 6.45) is 2.35. The quantitative estimate of drug-likeness (QED) is 0.628. The number of rotatable bonds is 3.